The van der Waals surface area contributed by atoms with Gasteiger partial charge in [-0.25, -0.2) is 0 Å². The molecule has 0 aromatic rings. The first-order valence-corrected chi connectivity index (χ1v) is 6.04. The van der Waals surface area contributed by atoms with Crippen molar-refractivity contribution in [2.24, 2.45) is 0 Å². The second-order valence-corrected chi connectivity index (χ2v) is 5.25. The zero-order valence-corrected chi connectivity index (χ0v) is 10.3. The highest BCUT2D eigenvalue weighted by Crippen LogP contribution is 2.19. The van der Waals surface area contributed by atoms with Crippen molar-refractivity contribution in [1.82, 2.24) is 10.2 Å². The molecule has 1 saturated heterocycles. The number of nitrogens with zero attached hydrogens (tertiary/aromatic N) is 1. The van der Waals surface area contributed by atoms with E-state index in [9.17, 15) is 0 Å². The van der Waals surface area contributed by atoms with Gasteiger partial charge in [0, 0.05) is 24.7 Å². The maximum Gasteiger partial charge on any atom is 0.0278 e. The van der Waals surface area contributed by atoms with Gasteiger partial charge in [0.1, 0.15) is 0 Å². The highest BCUT2D eigenvalue weighted by Gasteiger charge is 2.31. The summed E-state index contributed by atoms with van der Waals surface area (Å²) in [6.07, 6.45) is 4.04. The molecular weight excluding hydrogens is 172 g/mol. The average molecular weight is 198 g/mol. The molecule has 84 valence electrons. The lowest BCUT2D eigenvalue weighted by molar-refractivity contribution is 0.0686. The minimum absolute atomic E-state index is 0.347. The normalized spacial score (nSPS) is 27.9. The predicted octanol–water partition coefficient (Wildman–Crippen LogP) is 2.25. The van der Waals surface area contributed by atoms with Crippen molar-refractivity contribution in [2.45, 2.75) is 58.5 Å². The number of nitrogens with one attached hydrogen (secondary N) is 1. The molecule has 0 aromatic carbocycles. The summed E-state index contributed by atoms with van der Waals surface area (Å²) >= 11 is 0. The van der Waals surface area contributed by atoms with Gasteiger partial charge in [0.25, 0.3) is 0 Å². The molecule has 14 heavy (non-hydrogen) atoms. The molecule has 1 aliphatic heterocycles. The number of hydrogen-bond acceptors (Lipinski definition) is 2. The van der Waals surface area contributed by atoms with E-state index in [0.717, 1.165) is 6.54 Å². The highest BCUT2D eigenvalue weighted by molar-refractivity contribution is 4.91. The number of unbranched alkanes of at least 4 members (excludes halogenated alkanes) is 2. The molecule has 0 bridgehead atoms. The summed E-state index contributed by atoms with van der Waals surface area (Å²) in [6, 6.07) is 0.657. The number of rotatable bonds is 4. The summed E-state index contributed by atoms with van der Waals surface area (Å²) in [5.41, 5.74) is 0.347. The van der Waals surface area contributed by atoms with Crippen molar-refractivity contribution in [3.8, 4) is 0 Å². The molecule has 2 nitrogen and oxygen atoms in total. The van der Waals surface area contributed by atoms with E-state index in [1.54, 1.807) is 0 Å². The van der Waals surface area contributed by atoms with Gasteiger partial charge in [0.2, 0.25) is 0 Å². The van der Waals surface area contributed by atoms with Crippen molar-refractivity contribution in [1.29, 1.82) is 0 Å². The van der Waals surface area contributed by atoms with Crippen LogP contribution in [0.25, 0.3) is 0 Å². The lowest BCUT2D eigenvalue weighted by Crippen LogP contribution is -2.61. The van der Waals surface area contributed by atoms with Gasteiger partial charge < -0.3 is 5.32 Å². The molecule has 2 heteroatoms. The molecule has 1 rings (SSSR count). The number of hydrogen-bond donors (Lipinski definition) is 1. The van der Waals surface area contributed by atoms with Crippen LogP contribution in [0.5, 0.6) is 0 Å². The first kappa shape index (κ1) is 12.0. The monoisotopic (exact) mass is 198 g/mol. The maximum absolute atomic E-state index is 3.55. The van der Waals surface area contributed by atoms with Crippen LogP contribution in [0.3, 0.4) is 0 Å². The van der Waals surface area contributed by atoms with E-state index in [1.807, 2.05) is 0 Å². The first-order valence-electron chi connectivity index (χ1n) is 6.04. The molecule has 0 saturated carbocycles. The minimum Gasteiger partial charge on any atom is -0.311 e. The molecule has 0 aromatic heterocycles. The van der Waals surface area contributed by atoms with Crippen LogP contribution in [0.15, 0.2) is 0 Å². The zero-order valence-electron chi connectivity index (χ0n) is 10.3. The van der Waals surface area contributed by atoms with Crippen LogP contribution in [0.2, 0.25) is 0 Å². The molecule has 1 fully saturated rings. The van der Waals surface area contributed by atoms with Crippen LogP contribution in [0.1, 0.15) is 47.0 Å². The lowest BCUT2D eigenvalue weighted by Gasteiger charge is -2.45. The summed E-state index contributed by atoms with van der Waals surface area (Å²) in [7, 11) is 0. The van der Waals surface area contributed by atoms with Crippen molar-refractivity contribution in [3.05, 3.63) is 0 Å². The van der Waals surface area contributed by atoms with E-state index in [-0.39, 0.29) is 0 Å². The summed E-state index contributed by atoms with van der Waals surface area (Å²) in [5.74, 6) is 0. The van der Waals surface area contributed by atoms with E-state index >= 15 is 0 Å². The van der Waals surface area contributed by atoms with Gasteiger partial charge in [-0.3, -0.25) is 4.90 Å². The Bertz CT molecular complexity index is 166. The minimum atomic E-state index is 0.347. The molecule has 1 atom stereocenters. The second-order valence-electron chi connectivity index (χ2n) is 5.25. The molecule has 0 aliphatic carbocycles. The van der Waals surface area contributed by atoms with E-state index in [2.05, 4.69) is 37.9 Å². The van der Waals surface area contributed by atoms with Gasteiger partial charge in [-0.2, -0.15) is 0 Å². The van der Waals surface area contributed by atoms with Crippen LogP contribution in [0.4, 0.5) is 0 Å². The fourth-order valence-electron chi connectivity index (χ4n) is 2.12. The molecular formula is C12H26N2. The van der Waals surface area contributed by atoms with Gasteiger partial charge >= 0.3 is 0 Å². The highest BCUT2D eigenvalue weighted by atomic mass is 15.3. The first-order chi connectivity index (χ1) is 6.56. The molecule has 1 heterocycles. The summed E-state index contributed by atoms with van der Waals surface area (Å²) in [5, 5.41) is 3.55. The van der Waals surface area contributed by atoms with Crippen LogP contribution in [-0.4, -0.2) is 36.1 Å². The quantitative estimate of drug-likeness (QED) is 0.697. The van der Waals surface area contributed by atoms with E-state index in [1.165, 1.54) is 32.4 Å². The third kappa shape index (κ3) is 3.25. The van der Waals surface area contributed by atoms with Crippen LogP contribution < -0.4 is 5.32 Å². The van der Waals surface area contributed by atoms with Gasteiger partial charge in [-0.05, 0) is 33.7 Å². The Balaban J connectivity index is 2.38. The summed E-state index contributed by atoms with van der Waals surface area (Å²) in [6.45, 7) is 12.8. The van der Waals surface area contributed by atoms with Gasteiger partial charge in [0.15, 0.2) is 0 Å². The molecule has 0 amide bonds. The Morgan fingerprint density at radius 1 is 1.36 bits per heavy atom. The third-order valence-electron chi connectivity index (χ3n) is 3.27. The van der Waals surface area contributed by atoms with Crippen molar-refractivity contribution in [2.75, 3.05) is 19.6 Å². The van der Waals surface area contributed by atoms with E-state index in [0.29, 0.717) is 11.6 Å². The lowest BCUT2D eigenvalue weighted by atomic mass is 9.97. The average Bonchev–Trinajstić information content (AvgIpc) is 2.12. The van der Waals surface area contributed by atoms with Crippen molar-refractivity contribution >= 4 is 0 Å². The Hall–Kier alpha value is -0.0800. The summed E-state index contributed by atoms with van der Waals surface area (Å²) < 4.78 is 0. The van der Waals surface area contributed by atoms with E-state index < -0.39 is 0 Å². The van der Waals surface area contributed by atoms with E-state index in [4.69, 9.17) is 0 Å². The Kier molecular flexibility index (Phi) is 4.39. The SMILES string of the molecule is CCCCCN1CC(C)NCC1(C)C. The number of piperazine rings is 1. The Labute approximate surface area is 89.1 Å². The fourth-order valence-corrected chi connectivity index (χ4v) is 2.12. The topological polar surface area (TPSA) is 15.3 Å². The molecule has 0 spiro atoms. The Morgan fingerprint density at radius 3 is 2.71 bits per heavy atom. The standard InChI is InChI=1S/C12H26N2/c1-5-6-7-8-14-9-11(2)13-10-12(14,3)4/h11,13H,5-10H2,1-4H3. The van der Waals surface area contributed by atoms with Crippen LogP contribution in [0, 0.1) is 0 Å². The molecule has 1 aliphatic rings. The zero-order chi connectivity index (χ0) is 10.6. The molecule has 1 unspecified atom stereocenters. The maximum atomic E-state index is 3.55. The van der Waals surface area contributed by atoms with Gasteiger partial charge in [-0.15, -0.1) is 0 Å². The van der Waals surface area contributed by atoms with Crippen LogP contribution in [-0.2, 0) is 0 Å². The van der Waals surface area contributed by atoms with Gasteiger partial charge in [-0.1, -0.05) is 19.8 Å². The summed E-state index contributed by atoms with van der Waals surface area (Å²) in [4.78, 5) is 2.64. The predicted molar refractivity (Wildman–Crippen MR) is 62.6 cm³/mol. The molecule has 0 radical (unpaired) electrons. The largest absolute Gasteiger partial charge is 0.311 e. The fraction of sp³-hybridized carbons (Fsp3) is 1.00. The van der Waals surface area contributed by atoms with Crippen LogP contribution >= 0.6 is 0 Å². The molecule has 1 N–H and O–H groups in total. The van der Waals surface area contributed by atoms with Crippen molar-refractivity contribution in [3.63, 3.8) is 0 Å². The smallest absolute Gasteiger partial charge is 0.0278 e. The van der Waals surface area contributed by atoms with Crippen molar-refractivity contribution < 1.29 is 0 Å². The third-order valence-corrected chi connectivity index (χ3v) is 3.27. The second kappa shape index (κ2) is 5.13. The Morgan fingerprint density at radius 2 is 2.07 bits per heavy atom. The van der Waals surface area contributed by atoms with Gasteiger partial charge in [0.05, 0.1) is 0 Å².